The van der Waals surface area contributed by atoms with Gasteiger partial charge in [-0.3, -0.25) is 4.72 Å². The maximum atomic E-state index is 12.7. The molecule has 2 aromatic rings. The van der Waals surface area contributed by atoms with E-state index in [4.69, 9.17) is 11.6 Å². The van der Waals surface area contributed by atoms with Crippen LogP contribution in [0.15, 0.2) is 41.4 Å². The molecule has 1 N–H and O–H groups in total. The van der Waals surface area contributed by atoms with Crippen LogP contribution in [0.2, 0.25) is 5.02 Å². The lowest BCUT2D eigenvalue weighted by Gasteiger charge is -2.12. The van der Waals surface area contributed by atoms with Crippen LogP contribution >= 0.6 is 11.6 Å². The average Bonchev–Trinajstić information content (AvgIpc) is 2.40. The van der Waals surface area contributed by atoms with E-state index in [9.17, 15) is 21.6 Å². The van der Waals surface area contributed by atoms with E-state index >= 15 is 0 Å². The Morgan fingerprint density at radius 2 is 1.86 bits per heavy atom. The van der Waals surface area contributed by atoms with Crippen LogP contribution in [0.1, 0.15) is 11.1 Å². The number of anilines is 1. The molecule has 1 aromatic carbocycles. The summed E-state index contributed by atoms with van der Waals surface area (Å²) >= 11 is 5.72. The van der Waals surface area contributed by atoms with Gasteiger partial charge in [-0.1, -0.05) is 17.7 Å². The van der Waals surface area contributed by atoms with E-state index in [0.717, 1.165) is 11.6 Å². The van der Waals surface area contributed by atoms with E-state index in [2.05, 4.69) is 9.71 Å². The van der Waals surface area contributed by atoms with E-state index in [-0.39, 0.29) is 10.8 Å². The molecule has 0 amide bonds. The number of aromatic nitrogens is 1. The fourth-order valence-electron chi connectivity index (χ4n) is 1.61. The van der Waals surface area contributed by atoms with E-state index < -0.39 is 26.7 Å². The highest BCUT2D eigenvalue weighted by molar-refractivity contribution is 7.92. The molecule has 0 unspecified atom stereocenters. The number of halogens is 4. The van der Waals surface area contributed by atoms with Gasteiger partial charge >= 0.3 is 6.18 Å². The Labute approximate surface area is 130 Å². The average molecular weight is 351 g/mol. The molecule has 4 nitrogen and oxygen atoms in total. The fraction of sp³-hybridized carbons (Fsp3) is 0.154. The maximum Gasteiger partial charge on any atom is 0.416 e. The van der Waals surface area contributed by atoms with Crippen LogP contribution < -0.4 is 4.72 Å². The zero-order valence-corrected chi connectivity index (χ0v) is 12.7. The molecule has 0 radical (unpaired) electrons. The topological polar surface area (TPSA) is 59.1 Å². The fourth-order valence-corrected chi connectivity index (χ4v) is 3.14. The summed E-state index contributed by atoms with van der Waals surface area (Å²) in [7, 11) is -4.28. The molecule has 9 heteroatoms. The van der Waals surface area contributed by atoms with Crippen molar-refractivity contribution >= 4 is 27.4 Å². The summed E-state index contributed by atoms with van der Waals surface area (Å²) < 4.78 is 64.5. The van der Waals surface area contributed by atoms with E-state index in [0.29, 0.717) is 12.1 Å². The summed E-state index contributed by atoms with van der Waals surface area (Å²) in [6.07, 6.45) is -3.25. The third-order valence-electron chi connectivity index (χ3n) is 2.70. The molecule has 0 saturated carbocycles. The summed E-state index contributed by atoms with van der Waals surface area (Å²) in [5, 5.41) is -0.312. The lowest BCUT2D eigenvalue weighted by atomic mass is 10.2. The number of benzene rings is 1. The molecule has 0 spiro atoms. The first-order valence-electron chi connectivity index (χ1n) is 5.92. The second-order valence-corrected chi connectivity index (χ2v) is 6.53. The zero-order chi connectivity index (χ0) is 16.5. The van der Waals surface area contributed by atoms with Crippen LogP contribution in [0.5, 0.6) is 0 Å². The van der Waals surface area contributed by atoms with Crippen molar-refractivity contribution in [2.24, 2.45) is 0 Å². The molecule has 0 saturated heterocycles. The first kappa shape index (κ1) is 16.6. The zero-order valence-electron chi connectivity index (χ0n) is 11.1. The van der Waals surface area contributed by atoms with Crippen molar-refractivity contribution in [2.75, 3.05) is 4.72 Å². The second kappa shape index (κ2) is 5.77. The molecule has 0 bridgehead atoms. The van der Waals surface area contributed by atoms with Gasteiger partial charge in [0.2, 0.25) is 0 Å². The standard InChI is InChI=1S/C13H10ClF3N2O2S/c1-8-2-5-12(18-7-8)19-22(20,21)11-6-9(13(15,16)17)3-4-10(11)14/h2-7H,1H3,(H,18,19). The monoisotopic (exact) mass is 350 g/mol. The highest BCUT2D eigenvalue weighted by Gasteiger charge is 2.32. The van der Waals surface area contributed by atoms with Crippen molar-refractivity contribution < 1.29 is 21.6 Å². The Hall–Kier alpha value is -1.80. The van der Waals surface area contributed by atoms with Gasteiger partial charge in [-0.25, -0.2) is 13.4 Å². The van der Waals surface area contributed by atoms with Crippen molar-refractivity contribution in [3.8, 4) is 0 Å². The summed E-state index contributed by atoms with van der Waals surface area (Å²) in [6.45, 7) is 1.76. The number of pyridine rings is 1. The van der Waals surface area contributed by atoms with Gasteiger partial charge in [0.25, 0.3) is 10.0 Å². The predicted octanol–water partition coefficient (Wildman–Crippen LogP) is 3.86. The first-order valence-corrected chi connectivity index (χ1v) is 7.78. The number of nitrogens with one attached hydrogen (secondary N) is 1. The molecule has 22 heavy (non-hydrogen) atoms. The normalized spacial score (nSPS) is 12.2. The third-order valence-corrected chi connectivity index (χ3v) is 4.53. The quantitative estimate of drug-likeness (QED) is 0.914. The Bertz CT molecular complexity index is 790. The summed E-state index contributed by atoms with van der Waals surface area (Å²) in [5.41, 5.74) is -0.297. The number of alkyl halides is 3. The summed E-state index contributed by atoms with van der Waals surface area (Å²) in [6, 6.07) is 5.10. The Balaban J connectivity index is 2.43. The highest BCUT2D eigenvalue weighted by atomic mass is 35.5. The largest absolute Gasteiger partial charge is 0.416 e. The van der Waals surface area contributed by atoms with Crippen LogP contribution in [-0.4, -0.2) is 13.4 Å². The number of hydrogen-bond donors (Lipinski definition) is 1. The summed E-state index contributed by atoms with van der Waals surface area (Å²) in [5.74, 6) is -0.0147. The molecule has 118 valence electrons. The Morgan fingerprint density at radius 1 is 1.18 bits per heavy atom. The molecule has 0 fully saturated rings. The minimum absolute atomic E-state index is 0.0147. The minimum Gasteiger partial charge on any atom is -0.263 e. The van der Waals surface area contributed by atoms with Gasteiger partial charge in [-0.15, -0.1) is 0 Å². The van der Waals surface area contributed by atoms with Gasteiger partial charge in [0, 0.05) is 6.20 Å². The number of nitrogens with zero attached hydrogens (tertiary/aromatic N) is 1. The van der Waals surface area contributed by atoms with Crippen molar-refractivity contribution in [3.05, 3.63) is 52.7 Å². The van der Waals surface area contributed by atoms with E-state index in [1.54, 1.807) is 13.0 Å². The smallest absolute Gasteiger partial charge is 0.263 e. The minimum atomic E-state index is -4.67. The first-order chi connectivity index (χ1) is 10.1. The van der Waals surface area contributed by atoms with Gasteiger partial charge in [-0.05, 0) is 36.8 Å². The van der Waals surface area contributed by atoms with Crippen LogP contribution in [0.3, 0.4) is 0 Å². The van der Waals surface area contributed by atoms with Crippen molar-refractivity contribution in [2.45, 2.75) is 18.0 Å². The molecule has 0 aliphatic heterocycles. The second-order valence-electron chi connectivity index (χ2n) is 4.47. The van der Waals surface area contributed by atoms with Gasteiger partial charge in [0.15, 0.2) is 0 Å². The molecule has 0 atom stereocenters. The lowest BCUT2D eigenvalue weighted by molar-refractivity contribution is -0.137. The highest BCUT2D eigenvalue weighted by Crippen LogP contribution is 2.33. The Kier molecular flexibility index (Phi) is 4.35. The van der Waals surface area contributed by atoms with Gasteiger partial charge in [-0.2, -0.15) is 13.2 Å². The number of aryl methyl sites for hydroxylation is 1. The van der Waals surface area contributed by atoms with Gasteiger partial charge < -0.3 is 0 Å². The van der Waals surface area contributed by atoms with Crippen molar-refractivity contribution in [1.82, 2.24) is 4.98 Å². The SMILES string of the molecule is Cc1ccc(NS(=O)(=O)c2cc(C(F)(F)F)ccc2Cl)nc1. The molecular weight excluding hydrogens is 341 g/mol. The molecule has 2 rings (SSSR count). The molecular formula is C13H10ClF3N2O2S. The molecule has 1 aromatic heterocycles. The van der Waals surface area contributed by atoms with Crippen LogP contribution in [0.25, 0.3) is 0 Å². The van der Waals surface area contributed by atoms with Crippen molar-refractivity contribution in [1.29, 1.82) is 0 Å². The Morgan fingerprint density at radius 3 is 2.41 bits per heavy atom. The van der Waals surface area contributed by atoms with E-state index in [1.807, 2.05) is 0 Å². The van der Waals surface area contributed by atoms with Gasteiger partial charge in [0.05, 0.1) is 10.6 Å². The van der Waals surface area contributed by atoms with Gasteiger partial charge in [0.1, 0.15) is 10.7 Å². The summed E-state index contributed by atoms with van der Waals surface area (Å²) in [4.78, 5) is 3.17. The maximum absolute atomic E-state index is 12.7. The van der Waals surface area contributed by atoms with Crippen LogP contribution in [0.4, 0.5) is 19.0 Å². The molecule has 0 aliphatic rings. The van der Waals surface area contributed by atoms with E-state index in [1.165, 1.54) is 12.3 Å². The number of sulfonamides is 1. The molecule has 0 aliphatic carbocycles. The third kappa shape index (κ3) is 3.69. The van der Waals surface area contributed by atoms with Crippen LogP contribution in [-0.2, 0) is 16.2 Å². The van der Waals surface area contributed by atoms with Crippen molar-refractivity contribution in [3.63, 3.8) is 0 Å². The van der Waals surface area contributed by atoms with Crippen LogP contribution in [0, 0.1) is 6.92 Å². The number of hydrogen-bond acceptors (Lipinski definition) is 3. The number of rotatable bonds is 3. The lowest BCUT2D eigenvalue weighted by Crippen LogP contribution is -2.16. The predicted molar refractivity (Wildman–Crippen MR) is 76.2 cm³/mol. The molecule has 1 heterocycles.